The second-order valence-corrected chi connectivity index (χ2v) is 4.20. The maximum absolute atomic E-state index is 6.32. The smallest absolute Gasteiger partial charge is 0.0852 e. The van der Waals surface area contributed by atoms with Crippen LogP contribution in [0.1, 0.15) is 36.9 Å². The van der Waals surface area contributed by atoms with Crippen LogP contribution in [0.2, 0.25) is 0 Å². The molecule has 0 saturated heterocycles. The molecule has 1 heterocycles. The van der Waals surface area contributed by atoms with Crippen LogP contribution in [0.4, 0.5) is 0 Å². The molecule has 1 aliphatic rings. The van der Waals surface area contributed by atoms with E-state index < -0.39 is 0 Å². The summed E-state index contributed by atoms with van der Waals surface area (Å²) in [5.41, 5.74) is 8.52. The van der Waals surface area contributed by atoms with Crippen molar-refractivity contribution in [2.45, 2.75) is 38.1 Å². The maximum atomic E-state index is 6.32. The van der Waals surface area contributed by atoms with Gasteiger partial charge in [0.25, 0.3) is 0 Å². The highest BCUT2D eigenvalue weighted by Gasteiger charge is 2.34. The van der Waals surface area contributed by atoms with Crippen molar-refractivity contribution >= 4 is 0 Å². The number of nitrogens with two attached hydrogens (primary N) is 1. The third kappa shape index (κ3) is 1.37. The zero-order chi connectivity index (χ0) is 9.47. The van der Waals surface area contributed by atoms with E-state index in [1.54, 1.807) is 0 Å². The molecule has 0 radical (unpaired) electrons. The summed E-state index contributed by atoms with van der Waals surface area (Å²) in [5.74, 6) is 0. The fourth-order valence-electron chi connectivity index (χ4n) is 2.34. The number of rotatable bonds is 1. The van der Waals surface area contributed by atoms with Crippen molar-refractivity contribution < 1.29 is 0 Å². The molecule has 1 aliphatic carbocycles. The molecule has 2 rings (SSSR count). The van der Waals surface area contributed by atoms with Gasteiger partial charge in [0.2, 0.25) is 0 Å². The van der Waals surface area contributed by atoms with Crippen molar-refractivity contribution in [1.29, 1.82) is 0 Å². The average molecular weight is 179 g/mol. The van der Waals surface area contributed by atoms with Crippen LogP contribution in [0.5, 0.6) is 0 Å². The van der Waals surface area contributed by atoms with Gasteiger partial charge in [-0.1, -0.05) is 12.8 Å². The van der Waals surface area contributed by atoms with Crippen LogP contribution in [0, 0.1) is 6.92 Å². The Morgan fingerprint density at radius 3 is 2.54 bits per heavy atom. The fraction of sp³-hybridized carbons (Fsp3) is 0.700. The molecule has 0 unspecified atom stereocenters. The standard InChI is InChI=1S/C10H17N3/c1-8-7-13(2)12-9(8)10(11)5-3-4-6-10/h7H,3-6,11H2,1-2H3. The van der Waals surface area contributed by atoms with Crippen molar-refractivity contribution in [1.82, 2.24) is 9.78 Å². The van der Waals surface area contributed by atoms with Crippen molar-refractivity contribution in [2.24, 2.45) is 12.8 Å². The lowest BCUT2D eigenvalue weighted by atomic mass is 9.92. The monoisotopic (exact) mass is 179 g/mol. The van der Waals surface area contributed by atoms with Crippen molar-refractivity contribution in [3.8, 4) is 0 Å². The summed E-state index contributed by atoms with van der Waals surface area (Å²) in [7, 11) is 1.95. The molecule has 0 atom stereocenters. The highest BCUT2D eigenvalue weighted by Crippen LogP contribution is 2.36. The van der Waals surface area contributed by atoms with E-state index in [4.69, 9.17) is 5.73 Å². The molecule has 2 N–H and O–H groups in total. The minimum absolute atomic E-state index is 0.134. The van der Waals surface area contributed by atoms with Crippen LogP contribution >= 0.6 is 0 Å². The molecule has 0 bridgehead atoms. The molecule has 0 spiro atoms. The van der Waals surface area contributed by atoms with Crippen molar-refractivity contribution in [2.75, 3.05) is 0 Å². The quantitative estimate of drug-likeness (QED) is 0.709. The first-order chi connectivity index (χ1) is 6.12. The van der Waals surface area contributed by atoms with Gasteiger partial charge < -0.3 is 5.73 Å². The molecule has 3 heteroatoms. The molecule has 3 nitrogen and oxygen atoms in total. The highest BCUT2D eigenvalue weighted by atomic mass is 15.3. The molecule has 0 aliphatic heterocycles. The van der Waals surface area contributed by atoms with E-state index in [0.29, 0.717) is 0 Å². The van der Waals surface area contributed by atoms with Crippen LogP contribution in [-0.4, -0.2) is 9.78 Å². The Morgan fingerprint density at radius 1 is 1.46 bits per heavy atom. The summed E-state index contributed by atoms with van der Waals surface area (Å²) in [6, 6.07) is 0. The van der Waals surface area contributed by atoms with E-state index >= 15 is 0 Å². The van der Waals surface area contributed by atoms with Gasteiger partial charge in [0.05, 0.1) is 11.2 Å². The first-order valence-corrected chi connectivity index (χ1v) is 4.91. The van der Waals surface area contributed by atoms with E-state index in [9.17, 15) is 0 Å². The SMILES string of the molecule is Cc1cn(C)nc1C1(N)CCCC1. The molecule has 0 amide bonds. The van der Waals surface area contributed by atoms with E-state index in [-0.39, 0.29) is 5.54 Å². The normalized spacial score (nSPS) is 20.8. The number of hydrogen-bond acceptors (Lipinski definition) is 2. The van der Waals surface area contributed by atoms with Gasteiger partial charge in [-0.3, -0.25) is 4.68 Å². The predicted octanol–water partition coefficient (Wildman–Crippen LogP) is 1.46. The van der Waals surface area contributed by atoms with Gasteiger partial charge >= 0.3 is 0 Å². The molecule has 1 aromatic rings. The van der Waals surface area contributed by atoms with Crippen LogP contribution in [0.25, 0.3) is 0 Å². The van der Waals surface area contributed by atoms with Crippen molar-refractivity contribution in [3.63, 3.8) is 0 Å². The molecular formula is C10H17N3. The maximum Gasteiger partial charge on any atom is 0.0852 e. The lowest BCUT2D eigenvalue weighted by molar-refractivity contribution is 0.439. The highest BCUT2D eigenvalue weighted by molar-refractivity contribution is 5.24. The molecule has 1 aromatic heterocycles. The topological polar surface area (TPSA) is 43.8 Å². The number of nitrogens with zero attached hydrogens (tertiary/aromatic N) is 2. The summed E-state index contributed by atoms with van der Waals surface area (Å²) in [6.45, 7) is 2.09. The van der Waals surface area contributed by atoms with Gasteiger partial charge in [-0.15, -0.1) is 0 Å². The Labute approximate surface area is 78.9 Å². The summed E-state index contributed by atoms with van der Waals surface area (Å²) in [4.78, 5) is 0. The van der Waals surface area contributed by atoms with Gasteiger partial charge in [-0.2, -0.15) is 5.10 Å². The second-order valence-electron chi connectivity index (χ2n) is 4.20. The van der Waals surface area contributed by atoms with E-state index in [0.717, 1.165) is 18.5 Å². The van der Waals surface area contributed by atoms with Crippen LogP contribution < -0.4 is 5.73 Å². The van der Waals surface area contributed by atoms with E-state index in [1.165, 1.54) is 18.4 Å². The van der Waals surface area contributed by atoms with Crippen molar-refractivity contribution in [3.05, 3.63) is 17.5 Å². The fourth-order valence-corrected chi connectivity index (χ4v) is 2.34. The molecule has 13 heavy (non-hydrogen) atoms. The second kappa shape index (κ2) is 2.84. The first-order valence-electron chi connectivity index (χ1n) is 4.91. The summed E-state index contributed by atoms with van der Waals surface area (Å²) < 4.78 is 1.86. The Morgan fingerprint density at radius 2 is 2.08 bits per heavy atom. The molecular weight excluding hydrogens is 162 g/mol. The summed E-state index contributed by atoms with van der Waals surface area (Å²) >= 11 is 0. The van der Waals surface area contributed by atoms with E-state index in [1.807, 2.05) is 17.9 Å². The van der Waals surface area contributed by atoms with Gasteiger partial charge in [0.15, 0.2) is 0 Å². The Hall–Kier alpha value is -0.830. The number of hydrogen-bond donors (Lipinski definition) is 1. The molecule has 1 saturated carbocycles. The van der Waals surface area contributed by atoms with Crippen LogP contribution in [0.15, 0.2) is 6.20 Å². The minimum Gasteiger partial charge on any atom is -0.320 e. The van der Waals surface area contributed by atoms with Crippen LogP contribution in [-0.2, 0) is 12.6 Å². The summed E-state index contributed by atoms with van der Waals surface area (Å²) in [5, 5.41) is 4.46. The molecule has 1 fully saturated rings. The Bertz CT molecular complexity index is 308. The van der Waals surface area contributed by atoms with Crippen LogP contribution in [0.3, 0.4) is 0 Å². The Balaban J connectivity index is 2.38. The zero-order valence-electron chi connectivity index (χ0n) is 8.38. The van der Waals surface area contributed by atoms with E-state index in [2.05, 4.69) is 12.0 Å². The lowest BCUT2D eigenvalue weighted by Gasteiger charge is -2.21. The minimum atomic E-state index is -0.134. The zero-order valence-corrected chi connectivity index (χ0v) is 8.38. The largest absolute Gasteiger partial charge is 0.320 e. The number of aryl methyl sites for hydroxylation is 2. The third-order valence-corrected chi connectivity index (χ3v) is 2.98. The first kappa shape index (κ1) is 8.75. The molecule has 72 valence electrons. The van der Waals surface area contributed by atoms with Gasteiger partial charge in [-0.05, 0) is 25.3 Å². The lowest BCUT2D eigenvalue weighted by Crippen LogP contribution is -2.34. The van der Waals surface area contributed by atoms with Gasteiger partial charge in [-0.25, -0.2) is 0 Å². The third-order valence-electron chi connectivity index (χ3n) is 2.98. The average Bonchev–Trinajstić information content (AvgIpc) is 2.59. The Kier molecular flexibility index (Phi) is 1.91. The van der Waals surface area contributed by atoms with Gasteiger partial charge in [0.1, 0.15) is 0 Å². The predicted molar refractivity (Wildman–Crippen MR) is 52.3 cm³/mol. The summed E-state index contributed by atoms with van der Waals surface area (Å²) in [6.07, 6.45) is 6.71. The molecule has 0 aromatic carbocycles. The number of aromatic nitrogens is 2. The van der Waals surface area contributed by atoms with Gasteiger partial charge in [0, 0.05) is 13.2 Å².